The highest BCUT2D eigenvalue weighted by atomic mass is 79.9. The van der Waals surface area contributed by atoms with Crippen molar-refractivity contribution in [3.8, 4) is 5.75 Å². The van der Waals surface area contributed by atoms with E-state index in [1.54, 1.807) is 17.3 Å². The molecule has 5 nitrogen and oxygen atoms in total. The molecule has 0 radical (unpaired) electrons. The standard InChI is InChI=1S/C14H19BrN2O3/c1-14(2,3)20-13(18)17-7-5-10(17)9-19-12-8-16-6-4-11(12)15/h4,6,8,10H,5,7,9H2,1-3H3. The number of rotatable bonds is 3. The predicted octanol–water partition coefficient (Wildman–Crippen LogP) is 3.23. The SMILES string of the molecule is CC(C)(C)OC(=O)N1CCC1COc1cnccc1Br. The number of nitrogens with zero attached hydrogens (tertiary/aromatic N) is 2. The fourth-order valence-corrected chi connectivity index (χ4v) is 2.17. The van der Waals surface area contributed by atoms with Gasteiger partial charge in [0.05, 0.1) is 16.7 Å². The molecule has 0 spiro atoms. The fraction of sp³-hybridized carbons (Fsp3) is 0.571. The Bertz CT molecular complexity index is 488. The second kappa shape index (κ2) is 5.99. The van der Waals surface area contributed by atoms with Crippen LogP contribution in [0.3, 0.4) is 0 Å². The molecule has 20 heavy (non-hydrogen) atoms. The topological polar surface area (TPSA) is 51.7 Å². The molecule has 0 N–H and O–H groups in total. The number of ether oxygens (including phenoxy) is 2. The number of hydrogen-bond acceptors (Lipinski definition) is 4. The van der Waals surface area contributed by atoms with Crippen LogP contribution >= 0.6 is 15.9 Å². The highest BCUT2D eigenvalue weighted by molar-refractivity contribution is 9.10. The zero-order valence-electron chi connectivity index (χ0n) is 11.9. The molecule has 1 amide bonds. The number of hydrogen-bond donors (Lipinski definition) is 0. The predicted molar refractivity (Wildman–Crippen MR) is 78.8 cm³/mol. The number of aromatic nitrogens is 1. The van der Waals surface area contributed by atoms with E-state index in [4.69, 9.17) is 9.47 Å². The Balaban J connectivity index is 1.86. The quantitative estimate of drug-likeness (QED) is 0.846. The lowest BCUT2D eigenvalue weighted by molar-refractivity contribution is -0.0142. The van der Waals surface area contributed by atoms with Gasteiger partial charge < -0.3 is 14.4 Å². The summed E-state index contributed by atoms with van der Waals surface area (Å²) >= 11 is 3.40. The summed E-state index contributed by atoms with van der Waals surface area (Å²) in [7, 11) is 0. The Kier molecular flexibility index (Phi) is 4.52. The highest BCUT2D eigenvalue weighted by Crippen LogP contribution is 2.26. The van der Waals surface area contributed by atoms with Crippen molar-refractivity contribution in [3.05, 3.63) is 22.9 Å². The first kappa shape index (κ1) is 15.1. The molecule has 1 aromatic rings. The van der Waals surface area contributed by atoms with Crippen LogP contribution in [0.2, 0.25) is 0 Å². The maximum absolute atomic E-state index is 12.0. The number of carbonyl (C=O) groups is 1. The molecule has 0 aliphatic carbocycles. The van der Waals surface area contributed by atoms with Gasteiger partial charge in [0.25, 0.3) is 0 Å². The third-order valence-electron chi connectivity index (χ3n) is 2.94. The van der Waals surface area contributed by atoms with Crippen molar-refractivity contribution in [3.63, 3.8) is 0 Å². The van der Waals surface area contributed by atoms with Crippen LogP contribution in [-0.4, -0.2) is 40.8 Å². The lowest BCUT2D eigenvalue weighted by Crippen LogP contribution is -2.55. The van der Waals surface area contributed by atoms with Crippen LogP contribution in [0.15, 0.2) is 22.9 Å². The fourth-order valence-electron chi connectivity index (χ4n) is 1.83. The van der Waals surface area contributed by atoms with Gasteiger partial charge in [-0.2, -0.15) is 0 Å². The highest BCUT2D eigenvalue weighted by Gasteiger charge is 2.35. The number of pyridine rings is 1. The van der Waals surface area contributed by atoms with E-state index in [1.807, 2.05) is 26.8 Å². The van der Waals surface area contributed by atoms with Crippen molar-refractivity contribution >= 4 is 22.0 Å². The number of likely N-dealkylation sites (tertiary alicyclic amines) is 1. The van der Waals surface area contributed by atoms with Crippen LogP contribution in [0.25, 0.3) is 0 Å². The summed E-state index contributed by atoms with van der Waals surface area (Å²) in [4.78, 5) is 17.7. The van der Waals surface area contributed by atoms with Crippen molar-refractivity contribution in [1.82, 2.24) is 9.88 Å². The molecular formula is C14H19BrN2O3. The van der Waals surface area contributed by atoms with Crippen LogP contribution in [0.1, 0.15) is 27.2 Å². The molecule has 2 heterocycles. The van der Waals surface area contributed by atoms with E-state index in [1.165, 1.54) is 0 Å². The molecule has 0 bridgehead atoms. The van der Waals surface area contributed by atoms with Crippen LogP contribution < -0.4 is 4.74 Å². The van der Waals surface area contributed by atoms with E-state index in [0.29, 0.717) is 12.4 Å². The molecule has 1 fully saturated rings. The van der Waals surface area contributed by atoms with E-state index in [2.05, 4.69) is 20.9 Å². The van der Waals surface area contributed by atoms with Crippen LogP contribution in [-0.2, 0) is 4.74 Å². The summed E-state index contributed by atoms with van der Waals surface area (Å²) in [6.45, 7) is 6.76. The van der Waals surface area contributed by atoms with Gasteiger partial charge in [-0.25, -0.2) is 4.79 Å². The largest absolute Gasteiger partial charge is 0.489 e. The minimum Gasteiger partial charge on any atom is -0.489 e. The van der Waals surface area contributed by atoms with E-state index < -0.39 is 5.60 Å². The molecule has 1 aliphatic rings. The molecule has 1 aliphatic heterocycles. The second-order valence-corrected chi connectivity index (χ2v) is 6.59. The van der Waals surface area contributed by atoms with E-state index in [0.717, 1.165) is 17.4 Å². The second-order valence-electron chi connectivity index (χ2n) is 5.73. The Labute approximate surface area is 127 Å². The van der Waals surface area contributed by atoms with Gasteiger partial charge in [-0.1, -0.05) is 0 Å². The maximum atomic E-state index is 12.0. The van der Waals surface area contributed by atoms with Crippen LogP contribution in [0.4, 0.5) is 4.79 Å². The summed E-state index contributed by atoms with van der Waals surface area (Å²) in [6, 6.07) is 1.89. The Hall–Kier alpha value is -1.30. The minimum atomic E-state index is -0.468. The van der Waals surface area contributed by atoms with Gasteiger partial charge in [-0.05, 0) is 49.2 Å². The maximum Gasteiger partial charge on any atom is 0.410 e. The lowest BCUT2D eigenvalue weighted by Gasteiger charge is -2.41. The zero-order chi connectivity index (χ0) is 14.8. The van der Waals surface area contributed by atoms with Gasteiger partial charge in [0, 0.05) is 12.7 Å². The molecule has 2 rings (SSSR count). The van der Waals surface area contributed by atoms with Gasteiger partial charge >= 0.3 is 6.09 Å². The Morgan fingerprint density at radius 2 is 2.30 bits per heavy atom. The first-order valence-electron chi connectivity index (χ1n) is 6.59. The third kappa shape index (κ3) is 3.85. The monoisotopic (exact) mass is 342 g/mol. The summed E-state index contributed by atoms with van der Waals surface area (Å²) in [5.74, 6) is 0.684. The smallest absolute Gasteiger partial charge is 0.410 e. The Morgan fingerprint density at radius 1 is 1.55 bits per heavy atom. The van der Waals surface area contributed by atoms with Crippen molar-refractivity contribution in [1.29, 1.82) is 0 Å². The van der Waals surface area contributed by atoms with Gasteiger partial charge in [-0.3, -0.25) is 4.98 Å². The van der Waals surface area contributed by atoms with Gasteiger partial charge in [0.15, 0.2) is 5.75 Å². The van der Waals surface area contributed by atoms with E-state index in [-0.39, 0.29) is 12.1 Å². The molecule has 1 aromatic heterocycles. The first-order valence-corrected chi connectivity index (χ1v) is 7.38. The van der Waals surface area contributed by atoms with Gasteiger partial charge in [-0.15, -0.1) is 0 Å². The first-order chi connectivity index (χ1) is 9.37. The molecule has 6 heteroatoms. The number of halogens is 1. The summed E-state index contributed by atoms with van der Waals surface area (Å²) in [5, 5.41) is 0. The number of carbonyl (C=O) groups excluding carboxylic acids is 1. The summed E-state index contributed by atoms with van der Waals surface area (Å²) in [5.41, 5.74) is -0.468. The van der Waals surface area contributed by atoms with E-state index >= 15 is 0 Å². The van der Waals surface area contributed by atoms with E-state index in [9.17, 15) is 4.79 Å². The molecule has 110 valence electrons. The molecule has 1 atom stereocenters. The lowest BCUT2D eigenvalue weighted by atomic mass is 10.1. The average molecular weight is 343 g/mol. The summed E-state index contributed by atoms with van der Waals surface area (Å²) in [6.07, 6.45) is 3.99. The number of amides is 1. The van der Waals surface area contributed by atoms with Crippen LogP contribution in [0.5, 0.6) is 5.75 Å². The summed E-state index contributed by atoms with van der Waals surface area (Å²) < 4.78 is 11.9. The molecular weight excluding hydrogens is 324 g/mol. The van der Waals surface area contributed by atoms with Crippen molar-refractivity contribution in [2.45, 2.75) is 38.8 Å². The average Bonchev–Trinajstić information content (AvgIpc) is 2.27. The Morgan fingerprint density at radius 3 is 2.85 bits per heavy atom. The van der Waals surface area contributed by atoms with Crippen molar-refractivity contribution in [2.24, 2.45) is 0 Å². The normalized spacial score (nSPS) is 18.4. The minimum absolute atomic E-state index is 0.0666. The third-order valence-corrected chi connectivity index (χ3v) is 3.59. The van der Waals surface area contributed by atoms with Crippen molar-refractivity contribution < 1.29 is 14.3 Å². The van der Waals surface area contributed by atoms with Gasteiger partial charge in [0.2, 0.25) is 0 Å². The van der Waals surface area contributed by atoms with Crippen molar-refractivity contribution in [2.75, 3.05) is 13.2 Å². The molecule has 0 saturated carbocycles. The van der Waals surface area contributed by atoms with Gasteiger partial charge in [0.1, 0.15) is 12.2 Å². The molecule has 1 unspecified atom stereocenters. The molecule has 1 saturated heterocycles. The zero-order valence-corrected chi connectivity index (χ0v) is 13.5. The molecule has 0 aromatic carbocycles. The van der Waals surface area contributed by atoms with Crippen LogP contribution in [0, 0.1) is 0 Å².